The standard InChI is InChI=1S/C13H19N3O2S/c1-3-7-16(9-12(14)19)13(17)15-10-5-4-6-11(8-10)18-2/h4-6,8H,3,7,9H2,1-2H3,(H2,14,19)(H,15,17). The molecular formula is C13H19N3O2S. The monoisotopic (exact) mass is 281 g/mol. The Morgan fingerprint density at radius 3 is 2.84 bits per heavy atom. The lowest BCUT2D eigenvalue weighted by atomic mass is 10.3. The number of nitrogens with two attached hydrogens (primary N) is 1. The van der Waals surface area contributed by atoms with Crippen LogP contribution in [-0.4, -0.2) is 36.1 Å². The minimum Gasteiger partial charge on any atom is -0.497 e. The number of thiocarbonyl (C=S) groups is 1. The fourth-order valence-electron chi connectivity index (χ4n) is 1.61. The maximum atomic E-state index is 12.1. The number of nitrogens with one attached hydrogen (secondary N) is 1. The first-order chi connectivity index (χ1) is 9.06. The van der Waals surface area contributed by atoms with E-state index in [2.05, 4.69) is 5.32 Å². The summed E-state index contributed by atoms with van der Waals surface area (Å²) in [5, 5.41) is 2.80. The molecule has 0 aliphatic carbocycles. The number of amides is 2. The molecule has 0 atom stereocenters. The number of hydrogen-bond acceptors (Lipinski definition) is 3. The molecule has 0 saturated heterocycles. The van der Waals surface area contributed by atoms with E-state index in [0.29, 0.717) is 23.0 Å². The molecule has 0 bridgehead atoms. The molecule has 0 aliphatic rings. The third-order valence-electron chi connectivity index (χ3n) is 2.45. The minimum absolute atomic E-state index is 0.220. The van der Waals surface area contributed by atoms with Gasteiger partial charge >= 0.3 is 6.03 Å². The summed E-state index contributed by atoms with van der Waals surface area (Å²) >= 11 is 4.85. The molecule has 6 heteroatoms. The lowest BCUT2D eigenvalue weighted by Gasteiger charge is -2.22. The molecule has 3 N–H and O–H groups in total. The van der Waals surface area contributed by atoms with Gasteiger partial charge in [0.15, 0.2) is 0 Å². The van der Waals surface area contributed by atoms with Gasteiger partial charge in [0.25, 0.3) is 0 Å². The zero-order valence-electron chi connectivity index (χ0n) is 11.2. The summed E-state index contributed by atoms with van der Waals surface area (Å²) in [6.45, 7) is 2.87. The van der Waals surface area contributed by atoms with E-state index >= 15 is 0 Å². The van der Waals surface area contributed by atoms with Crippen LogP contribution < -0.4 is 15.8 Å². The normalized spacial score (nSPS) is 9.79. The lowest BCUT2D eigenvalue weighted by Crippen LogP contribution is -2.40. The SMILES string of the molecule is CCCN(CC(N)=S)C(=O)Nc1cccc(OC)c1. The number of nitrogens with zero attached hydrogens (tertiary/aromatic N) is 1. The van der Waals surface area contributed by atoms with Gasteiger partial charge in [0.1, 0.15) is 5.75 Å². The van der Waals surface area contributed by atoms with Crippen LogP contribution in [0.3, 0.4) is 0 Å². The number of rotatable bonds is 6. The van der Waals surface area contributed by atoms with Gasteiger partial charge < -0.3 is 20.7 Å². The maximum absolute atomic E-state index is 12.1. The molecule has 19 heavy (non-hydrogen) atoms. The molecule has 0 saturated carbocycles. The molecule has 0 aliphatic heterocycles. The van der Waals surface area contributed by atoms with E-state index in [1.807, 2.05) is 19.1 Å². The van der Waals surface area contributed by atoms with E-state index in [0.717, 1.165) is 6.42 Å². The van der Waals surface area contributed by atoms with E-state index < -0.39 is 0 Å². The van der Waals surface area contributed by atoms with Crippen molar-refractivity contribution in [3.8, 4) is 5.75 Å². The van der Waals surface area contributed by atoms with Crippen molar-refractivity contribution in [2.45, 2.75) is 13.3 Å². The lowest BCUT2D eigenvalue weighted by molar-refractivity contribution is 0.219. The molecule has 104 valence electrons. The van der Waals surface area contributed by atoms with Gasteiger partial charge in [-0.2, -0.15) is 0 Å². The Hall–Kier alpha value is -1.82. The Morgan fingerprint density at radius 1 is 1.53 bits per heavy atom. The Kier molecular flexibility index (Phi) is 6.08. The summed E-state index contributed by atoms with van der Waals surface area (Å²) in [5.74, 6) is 0.689. The largest absolute Gasteiger partial charge is 0.497 e. The molecule has 1 aromatic rings. The maximum Gasteiger partial charge on any atom is 0.322 e. The van der Waals surface area contributed by atoms with Crippen LogP contribution in [0.5, 0.6) is 5.75 Å². The van der Waals surface area contributed by atoms with Gasteiger partial charge in [0.2, 0.25) is 0 Å². The number of carbonyl (C=O) groups is 1. The van der Waals surface area contributed by atoms with Gasteiger partial charge in [-0.25, -0.2) is 4.79 Å². The highest BCUT2D eigenvalue weighted by Crippen LogP contribution is 2.17. The first-order valence-electron chi connectivity index (χ1n) is 6.05. The Balaban J connectivity index is 2.71. The molecule has 5 nitrogen and oxygen atoms in total. The van der Waals surface area contributed by atoms with Gasteiger partial charge in [-0.15, -0.1) is 0 Å². The van der Waals surface area contributed by atoms with Crippen molar-refractivity contribution < 1.29 is 9.53 Å². The average molecular weight is 281 g/mol. The molecule has 0 radical (unpaired) electrons. The zero-order chi connectivity index (χ0) is 14.3. The number of hydrogen-bond donors (Lipinski definition) is 2. The Morgan fingerprint density at radius 2 is 2.26 bits per heavy atom. The molecule has 1 aromatic carbocycles. The quantitative estimate of drug-likeness (QED) is 0.785. The van der Waals surface area contributed by atoms with Crippen molar-refractivity contribution in [3.05, 3.63) is 24.3 Å². The average Bonchev–Trinajstić information content (AvgIpc) is 2.38. The first-order valence-corrected chi connectivity index (χ1v) is 6.46. The molecule has 0 aromatic heterocycles. The fourth-order valence-corrected chi connectivity index (χ4v) is 1.77. The van der Waals surface area contributed by atoms with Crippen LogP contribution in [-0.2, 0) is 0 Å². The first kappa shape index (κ1) is 15.2. The van der Waals surface area contributed by atoms with E-state index in [9.17, 15) is 4.79 Å². The highest BCUT2D eigenvalue weighted by Gasteiger charge is 2.13. The number of methoxy groups -OCH3 is 1. The summed E-state index contributed by atoms with van der Waals surface area (Å²) < 4.78 is 5.10. The molecule has 0 heterocycles. The Bertz CT molecular complexity index is 451. The van der Waals surface area contributed by atoms with E-state index in [4.69, 9.17) is 22.7 Å². The minimum atomic E-state index is -0.220. The zero-order valence-corrected chi connectivity index (χ0v) is 12.0. The van der Waals surface area contributed by atoms with Crippen molar-refractivity contribution in [2.24, 2.45) is 5.73 Å². The highest BCUT2D eigenvalue weighted by molar-refractivity contribution is 7.80. The predicted octanol–water partition coefficient (Wildman–Crippen LogP) is 2.23. The smallest absolute Gasteiger partial charge is 0.322 e. The van der Waals surface area contributed by atoms with Gasteiger partial charge in [-0.3, -0.25) is 0 Å². The number of anilines is 1. The molecular weight excluding hydrogens is 262 g/mol. The third-order valence-corrected chi connectivity index (χ3v) is 2.58. The Labute approximate surface area is 118 Å². The van der Waals surface area contributed by atoms with Crippen LogP contribution in [0.15, 0.2) is 24.3 Å². The van der Waals surface area contributed by atoms with Crippen LogP contribution in [0, 0.1) is 0 Å². The van der Waals surface area contributed by atoms with Crippen molar-refractivity contribution in [2.75, 3.05) is 25.5 Å². The van der Waals surface area contributed by atoms with Gasteiger partial charge in [-0.05, 0) is 18.6 Å². The van der Waals surface area contributed by atoms with Crippen LogP contribution >= 0.6 is 12.2 Å². The number of carbonyl (C=O) groups excluding carboxylic acids is 1. The molecule has 0 unspecified atom stereocenters. The fraction of sp³-hybridized carbons (Fsp3) is 0.385. The van der Waals surface area contributed by atoms with Crippen LogP contribution in [0.4, 0.5) is 10.5 Å². The van der Waals surface area contributed by atoms with Crippen LogP contribution in [0.25, 0.3) is 0 Å². The molecule has 2 amide bonds. The van der Waals surface area contributed by atoms with E-state index in [-0.39, 0.29) is 12.6 Å². The third kappa shape index (κ3) is 5.13. The molecule has 0 spiro atoms. The van der Waals surface area contributed by atoms with Crippen molar-refractivity contribution in [1.29, 1.82) is 0 Å². The van der Waals surface area contributed by atoms with Crippen LogP contribution in [0.2, 0.25) is 0 Å². The summed E-state index contributed by atoms with van der Waals surface area (Å²) in [7, 11) is 1.58. The van der Waals surface area contributed by atoms with Gasteiger partial charge in [0, 0.05) is 18.3 Å². The second-order valence-corrected chi connectivity index (χ2v) is 4.57. The van der Waals surface area contributed by atoms with E-state index in [1.54, 1.807) is 24.1 Å². The second kappa shape index (κ2) is 7.58. The van der Waals surface area contributed by atoms with Gasteiger partial charge in [-0.1, -0.05) is 25.2 Å². The number of urea groups is 1. The summed E-state index contributed by atoms with van der Waals surface area (Å²) in [6, 6.07) is 6.96. The number of ether oxygens (including phenoxy) is 1. The summed E-state index contributed by atoms with van der Waals surface area (Å²) in [6.07, 6.45) is 0.841. The van der Waals surface area contributed by atoms with Crippen molar-refractivity contribution in [3.63, 3.8) is 0 Å². The topological polar surface area (TPSA) is 67.6 Å². The van der Waals surface area contributed by atoms with Crippen LogP contribution in [0.1, 0.15) is 13.3 Å². The summed E-state index contributed by atoms with van der Waals surface area (Å²) in [4.78, 5) is 14.0. The predicted molar refractivity (Wildman–Crippen MR) is 80.7 cm³/mol. The second-order valence-electron chi connectivity index (χ2n) is 4.05. The van der Waals surface area contributed by atoms with Crippen molar-refractivity contribution in [1.82, 2.24) is 4.90 Å². The van der Waals surface area contributed by atoms with E-state index in [1.165, 1.54) is 0 Å². The van der Waals surface area contributed by atoms with Gasteiger partial charge in [0.05, 0.1) is 18.6 Å². The summed E-state index contributed by atoms with van der Waals surface area (Å²) in [5.41, 5.74) is 6.16. The number of benzene rings is 1. The highest BCUT2D eigenvalue weighted by atomic mass is 32.1. The molecule has 1 rings (SSSR count). The molecule has 0 fully saturated rings. The van der Waals surface area contributed by atoms with Crippen molar-refractivity contribution >= 4 is 28.9 Å².